The Morgan fingerprint density at radius 2 is 2.00 bits per heavy atom. The Morgan fingerprint density at radius 3 is 2.62 bits per heavy atom. The van der Waals surface area contributed by atoms with Crippen LogP contribution in [0.4, 0.5) is 4.39 Å². The van der Waals surface area contributed by atoms with Crippen LogP contribution in [0.1, 0.15) is 30.9 Å². The largest absolute Gasteiger partial charge is 0.256 e. The standard InChI is InChI=1S/C13H13ClFN/c1-7(2)9-6-16-11-5-4-10(14)13(15)12(11)8(9)3/h4-7H,1-3H3. The molecule has 0 N–H and O–H groups in total. The van der Waals surface area contributed by atoms with E-state index in [0.29, 0.717) is 16.8 Å². The minimum absolute atomic E-state index is 0.151. The van der Waals surface area contributed by atoms with Gasteiger partial charge < -0.3 is 0 Å². The third-order valence-corrected chi connectivity index (χ3v) is 3.14. The van der Waals surface area contributed by atoms with E-state index in [4.69, 9.17) is 11.6 Å². The van der Waals surface area contributed by atoms with Crippen molar-refractivity contribution in [2.75, 3.05) is 0 Å². The van der Waals surface area contributed by atoms with Crippen molar-refractivity contribution in [3.63, 3.8) is 0 Å². The zero-order valence-corrected chi connectivity index (χ0v) is 10.3. The second-order valence-electron chi connectivity index (χ2n) is 4.25. The fraction of sp³-hybridized carbons (Fsp3) is 0.308. The lowest BCUT2D eigenvalue weighted by atomic mass is 9.97. The Bertz CT molecular complexity index is 549. The second-order valence-corrected chi connectivity index (χ2v) is 4.66. The summed E-state index contributed by atoms with van der Waals surface area (Å²) in [6.45, 7) is 6.05. The Balaban J connectivity index is 2.86. The first-order valence-electron chi connectivity index (χ1n) is 5.25. The number of rotatable bonds is 1. The van der Waals surface area contributed by atoms with E-state index in [-0.39, 0.29) is 10.8 Å². The van der Waals surface area contributed by atoms with Gasteiger partial charge in [-0.05, 0) is 36.1 Å². The van der Waals surface area contributed by atoms with Gasteiger partial charge in [-0.1, -0.05) is 25.4 Å². The summed E-state index contributed by atoms with van der Waals surface area (Å²) >= 11 is 5.79. The molecule has 2 aromatic rings. The molecule has 84 valence electrons. The summed E-state index contributed by atoms with van der Waals surface area (Å²) in [5.41, 5.74) is 2.65. The number of nitrogens with zero attached hydrogens (tertiary/aromatic N) is 1. The van der Waals surface area contributed by atoms with E-state index in [1.807, 2.05) is 13.1 Å². The van der Waals surface area contributed by atoms with Crippen LogP contribution in [0.25, 0.3) is 10.9 Å². The summed E-state index contributed by atoms with van der Waals surface area (Å²) in [4.78, 5) is 4.27. The molecule has 2 rings (SSSR count). The van der Waals surface area contributed by atoms with Gasteiger partial charge in [-0.15, -0.1) is 0 Å². The van der Waals surface area contributed by atoms with Crippen LogP contribution in [-0.2, 0) is 0 Å². The summed E-state index contributed by atoms with van der Waals surface area (Å²) in [5, 5.41) is 0.692. The van der Waals surface area contributed by atoms with Crippen molar-refractivity contribution < 1.29 is 4.39 Å². The predicted molar refractivity (Wildman–Crippen MR) is 65.5 cm³/mol. The van der Waals surface area contributed by atoms with Crippen molar-refractivity contribution >= 4 is 22.5 Å². The number of benzene rings is 1. The molecule has 0 unspecified atom stereocenters. The summed E-state index contributed by atoms with van der Waals surface area (Å²) in [6, 6.07) is 3.29. The number of halogens is 2. The van der Waals surface area contributed by atoms with Crippen LogP contribution in [0.15, 0.2) is 18.3 Å². The average Bonchev–Trinajstić information content (AvgIpc) is 2.23. The molecule has 0 spiro atoms. The van der Waals surface area contributed by atoms with Crippen LogP contribution in [0, 0.1) is 12.7 Å². The van der Waals surface area contributed by atoms with E-state index in [2.05, 4.69) is 18.8 Å². The zero-order valence-electron chi connectivity index (χ0n) is 9.51. The quantitative estimate of drug-likeness (QED) is 0.714. The highest BCUT2D eigenvalue weighted by Gasteiger charge is 2.13. The van der Waals surface area contributed by atoms with Gasteiger partial charge in [0, 0.05) is 11.6 Å². The number of aromatic nitrogens is 1. The van der Waals surface area contributed by atoms with Crippen LogP contribution >= 0.6 is 11.6 Å². The molecule has 0 bridgehead atoms. The number of aryl methyl sites for hydroxylation is 1. The molecule has 1 aromatic carbocycles. The predicted octanol–water partition coefficient (Wildman–Crippen LogP) is 4.46. The first-order chi connectivity index (χ1) is 7.52. The molecule has 0 aliphatic carbocycles. The highest BCUT2D eigenvalue weighted by atomic mass is 35.5. The molecule has 3 heteroatoms. The zero-order chi connectivity index (χ0) is 11.9. The maximum atomic E-state index is 13.9. The van der Waals surface area contributed by atoms with Crippen molar-refractivity contribution in [2.24, 2.45) is 0 Å². The molecule has 1 aromatic heterocycles. The third kappa shape index (κ3) is 1.67. The molecule has 1 heterocycles. The molecular formula is C13H13ClFN. The van der Waals surface area contributed by atoms with Gasteiger partial charge in [-0.25, -0.2) is 4.39 Å². The molecule has 0 radical (unpaired) electrons. The maximum absolute atomic E-state index is 13.9. The summed E-state index contributed by atoms with van der Waals surface area (Å²) < 4.78 is 13.9. The van der Waals surface area contributed by atoms with Crippen LogP contribution in [0.5, 0.6) is 0 Å². The Kier molecular flexibility index (Phi) is 2.85. The van der Waals surface area contributed by atoms with Gasteiger partial charge in [0.15, 0.2) is 5.82 Å². The van der Waals surface area contributed by atoms with Crippen LogP contribution < -0.4 is 0 Å². The topological polar surface area (TPSA) is 12.9 Å². The monoisotopic (exact) mass is 237 g/mol. The van der Waals surface area contributed by atoms with E-state index < -0.39 is 0 Å². The lowest BCUT2D eigenvalue weighted by Gasteiger charge is -2.12. The smallest absolute Gasteiger partial charge is 0.151 e. The molecule has 0 atom stereocenters. The number of pyridine rings is 1. The number of fused-ring (bicyclic) bond motifs is 1. The minimum Gasteiger partial charge on any atom is -0.256 e. The highest BCUT2D eigenvalue weighted by molar-refractivity contribution is 6.31. The first kappa shape index (κ1) is 11.3. The molecular weight excluding hydrogens is 225 g/mol. The Hall–Kier alpha value is -1.15. The summed E-state index contributed by atoms with van der Waals surface area (Å²) in [5.74, 6) is -0.0399. The first-order valence-corrected chi connectivity index (χ1v) is 5.63. The fourth-order valence-electron chi connectivity index (χ4n) is 1.97. The van der Waals surface area contributed by atoms with E-state index in [1.54, 1.807) is 12.1 Å². The van der Waals surface area contributed by atoms with Crippen LogP contribution in [0.2, 0.25) is 5.02 Å². The lowest BCUT2D eigenvalue weighted by molar-refractivity contribution is 0.639. The molecule has 0 saturated heterocycles. The average molecular weight is 238 g/mol. The van der Waals surface area contributed by atoms with Gasteiger partial charge in [0.1, 0.15) is 0 Å². The van der Waals surface area contributed by atoms with Crippen molar-refractivity contribution in [3.8, 4) is 0 Å². The number of hydrogen-bond donors (Lipinski definition) is 0. The van der Waals surface area contributed by atoms with E-state index in [9.17, 15) is 4.39 Å². The van der Waals surface area contributed by atoms with Gasteiger partial charge in [0.05, 0.1) is 10.5 Å². The van der Waals surface area contributed by atoms with Crippen LogP contribution in [-0.4, -0.2) is 4.98 Å². The molecule has 1 nitrogen and oxygen atoms in total. The molecule has 0 saturated carbocycles. The van der Waals surface area contributed by atoms with Gasteiger partial charge in [0.2, 0.25) is 0 Å². The maximum Gasteiger partial charge on any atom is 0.151 e. The molecule has 0 fully saturated rings. The van der Waals surface area contributed by atoms with E-state index in [1.165, 1.54) is 0 Å². The molecule has 0 aliphatic heterocycles. The van der Waals surface area contributed by atoms with Crippen molar-refractivity contribution in [1.82, 2.24) is 4.98 Å². The third-order valence-electron chi connectivity index (χ3n) is 2.85. The van der Waals surface area contributed by atoms with Gasteiger partial charge in [0.25, 0.3) is 0 Å². The fourth-order valence-corrected chi connectivity index (χ4v) is 2.12. The highest BCUT2D eigenvalue weighted by Crippen LogP contribution is 2.30. The second kappa shape index (κ2) is 4.02. The normalized spacial score (nSPS) is 11.4. The SMILES string of the molecule is Cc1c(C(C)C)cnc2ccc(Cl)c(F)c12. The van der Waals surface area contributed by atoms with Gasteiger partial charge >= 0.3 is 0 Å². The van der Waals surface area contributed by atoms with Crippen LogP contribution in [0.3, 0.4) is 0 Å². The van der Waals surface area contributed by atoms with Gasteiger partial charge in [-0.2, -0.15) is 0 Å². The summed E-state index contributed by atoms with van der Waals surface area (Å²) in [6.07, 6.45) is 1.82. The summed E-state index contributed by atoms with van der Waals surface area (Å²) in [7, 11) is 0. The van der Waals surface area contributed by atoms with Crippen molar-refractivity contribution in [3.05, 3.63) is 40.3 Å². The van der Waals surface area contributed by atoms with Crippen molar-refractivity contribution in [2.45, 2.75) is 26.7 Å². The van der Waals surface area contributed by atoms with Gasteiger partial charge in [-0.3, -0.25) is 4.98 Å². The molecule has 16 heavy (non-hydrogen) atoms. The lowest BCUT2D eigenvalue weighted by Crippen LogP contribution is -1.97. The number of hydrogen-bond acceptors (Lipinski definition) is 1. The molecule has 0 amide bonds. The minimum atomic E-state index is -0.369. The molecule has 0 aliphatic rings. The van der Waals surface area contributed by atoms with E-state index >= 15 is 0 Å². The Labute approximate surface area is 99.3 Å². The van der Waals surface area contributed by atoms with Crippen molar-refractivity contribution in [1.29, 1.82) is 0 Å². The Morgan fingerprint density at radius 1 is 1.31 bits per heavy atom. The van der Waals surface area contributed by atoms with E-state index in [0.717, 1.165) is 11.1 Å².